The van der Waals surface area contributed by atoms with E-state index in [1.54, 1.807) is 24.3 Å². The molecule has 3 amide bonds. The van der Waals surface area contributed by atoms with Gasteiger partial charge in [0.2, 0.25) is 11.8 Å². The van der Waals surface area contributed by atoms with Crippen molar-refractivity contribution in [1.29, 1.82) is 0 Å². The Labute approximate surface area is 133 Å². The Hall–Kier alpha value is -2.95. The first-order chi connectivity index (χ1) is 11.1. The Kier molecular flexibility index (Phi) is 4.19. The first kappa shape index (κ1) is 15.0. The molecule has 0 aliphatic carbocycles. The zero-order chi connectivity index (χ0) is 16.2. The van der Waals surface area contributed by atoms with E-state index in [0.717, 1.165) is 11.3 Å². The number of para-hydroxylation sites is 1. The van der Waals surface area contributed by atoms with Gasteiger partial charge >= 0.3 is 0 Å². The Bertz CT molecular complexity index is 723. The number of hydrogen-bond acceptors (Lipinski definition) is 3. The highest BCUT2D eigenvalue weighted by Crippen LogP contribution is 2.16. The third-order valence-electron chi connectivity index (χ3n) is 3.74. The maximum absolute atomic E-state index is 12.1. The number of anilines is 1. The number of imide groups is 1. The number of hydrogen-bond donors (Lipinski definition) is 1. The van der Waals surface area contributed by atoms with Crippen molar-refractivity contribution in [2.45, 2.75) is 19.4 Å². The predicted molar refractivity (Wildman–Crippen MR) is 85.6 cm³/mol. The van der Waals surface area contributed by atoms with E-state index in [1.807, 2.05) is 30.3 Å². The van der Waals surface area contributed by atoms with Crippen LogP contribution in [0.25, 0.3) is 0 Å². The largest absolute Gasteiger partial charge is 0.322 e. The average molecular weight is 308 g/mol. The van der Waals surface area contributed by atoms with E-state index in [0.29, 0.717) is 5.56 Å². The molecule has 2 aromatic carbocycles. The van der Waals surface area contributed by atoms with Crippen molar-refractivity contribution in [1.82, 2.24) is 4.90 Å². The average Bonchev–Trinajstić information content (AvgIpc) is 2.88. The second kappa shape index (κ2) is 6.44. The Balaban J connectivity index is 1.66. The number of nitrogens with zero attached hydrogens (tertiary/aromatic N) is 1. The Morgan fingerprint density at radius 2 is 1.52 bits per heavy atom. The SMILES string of the molecule is O=C(Nc1ccccc1)c1ccc(CN2C(=O)CCC2=O)cc1. The summed E-state index contributed by atoms with van der Waals surface area (Å²) in [7, 11) is 0. The number of rotatable bonds is 4. The third-order valence-corrected chi connectivity index (χ3v) is 3.74. The lowest BCUT2D eigenvalue weighted by atomic mass is 10.1. The summed E-state index contributed by atoms with van der Waals surface area (Å²) in [6.07, 6.45) is 0.576. The van der Waals surface area contributed by atoms with Gasteiger partial charge in [-0.1, -0.05) is 30.3 Å². The van der Waals surface area contributed by atoms with Gasteiger partial charge in [0.1, 0.15) is 0 Å². The molecule has 5 heteroatoms. The summed E-state index contributed by atoms with van der Waals surface area (Å²) in [5.41, 5.74) is 2.08. The van der Waals surface area contributed by atoms with Gasteiger partial charge in [-0.05, 0) is 29.8 Å². The lowest BCUT2D eigenvalue weighted by Crippen LogP contribution is -2.28. The predicted octanol–water partition coefficient (Wildman–Crippen LogP) is 2.59. The highest BCUT2D eigenvalue weighted by Gasteiger charge is 2.28. The quantitative estimate of drug-likeness (QED) is 0.883. The van der Waals surface area contributed by atoms with Crippen LogP contribution in [0.2, 0.25) is 0 Å². The van der Waals surface area contributed by atoms with Crippen LogP contribution >= 0.6 is 0 Å². The minimum absolute atomic E-state index is 0.138. The third kappa shape index (κ3) is 3.45. The molecule has 0 atom stereocenters. The summed E-state index contributed by atoms with van der Waals surface area (Å²) >= 11 is 0. The van der Waals surface area contributed by atoms with Crippen LogP contribution in [-0.4, -0.2) is 22.6 Å². The van der Waals surface area contributed by atoms with Crippen molar-refractivity contribution in [3.05, 3.63) is 65.7 Å². The number of likely N-dealkylation sites (tertiary alicyclic amines) is 1. The van der Waals surface area contributed by atoms with E-state index in [1.165, 1.54) is 4.90 Å². The van der Waals surface area contributed by atoms with Crippen molar-refractivity contribution in [3.63, 3.8) is 0 Å². The summed E-state index contributed by atoms with van der Waals surface area (Å²) in [4.78, 5) is 36.6. The minimum Gasteiger partial charge on any atom is -0.322 e. The van der Waals surface area contributed by atoms with Crippen LogP contribution in [0.5, 0.6) is 0 Å². The monoisotopic (exact) mass is 308 g/mol. The Morgan fingerprint density at radius 1 is 0.913 bits per heavy atom. The molecule has 0 aromatic heterocycles. The standard InChI is InChI=1S/C18H16N2O3/c21-16-10-11-17(22)20(16)12-13-6-8-14(9-7-13)18(23)19-15-4-2-1-3-5-15/h1-9H,10-12H2,(H,19,23). The van der Waals surface area contributed by atoms with Gasteiger partial charge in [0, 0.05) is 24.1 Å². The normalized spacial score (nSPS) is 14.2. The molecular weight excluding hydrogens is 292 g/mol. The molecule has 0 spiro atoms. The number of benzene rings is 2. The molecule has 0 radical (unpaired) electrons. The maximum Gasteiger partial charge on any atom is 0.255 e. The second-order valence-electron chi connectivity index (χ2n) is 5.39. The molecule has 1 aliphatic heterocycles. The molecule has 1 heterocycles. The molecule has 3 rings (SSSR count). The van der Waals surface area contributed by atoms with E-state index in [2.05, 4.69) is 5.32 Å². The molecule has 1 fully saturated rings. The van der Waals surface area contributed by atoms with Gasteiger partial charge in [-0.2, -0.15) is 0 Å². The number of carbonyl (C=O) groups is 3. The van der Waals surface area contributed by atoms with Crippen LogP contribution in [0.3, 0.4) is 0 Å². The fourth-order valence-corrected chi connectivity index (χ4v) is 2.47. The van der Waals surface area contributed by atoms with Crippen molar-refractivity contribution >= 4 is 23.4 Å². The van der Waals surface area contributed by atoms with E-state index in [4.69, 9.17) is 0 Å². The van der Waals surface area contributed by atoms with Gasteiger partial charge in [0.05, 0.1) is 6.54 Å². The molecule has 1 N–H and O–H groups in total. The number of carbonyl (C=O) groups excluding carboxylic acids is 3. The minimum atomic E-state index is -0.198. The molecule has 1 aliphatic rings. The lowest BCUT2D eigenvalue weighted by Gasteiger charge is -2.14. The second-order valence-corrected chi connectivity index (χ2v) is 5.39. The summed E-state index contributed by atoms with van der Waals surface area (Å²) in [5.74, 6) is -0.474. The lowest BCUT2D eigenvalue weighted by molar-refractivity contribution is -0.139. The van der Waals surface area contributed by atoms with Crippen molar-refractivity contribution in [2.75, 3.05) is 5.32 Å². The molecule has 2 aromatic rings. The highest BCUT2D eigenvalue weighted by atomic mass is 16.2. The van der Waals surface area contributed by atoms with E-state index >= 15 is 0 Å². The summed E-state index contributed by atoms with van der Waals surface area (Å²) < 4.78 is 0. The maximum atomic E-state index is 12.1. The molecule has 0 saturated carbocycles. The van der Waals surface area contributed by atoms with Crippen molar-refractivity contribution < 1.29 is 14.4 Å². The molecule has 0 bridgehead atoms. The van der Waals surface area contributed by atoms with Gasteiger partial charge in [0.15, 0.2) is 0 Å². The molecule has 5 nitrogen and oxygen atoms in total. The summed E-state index contributed by atoms with van der Waals surface area (Å²) in [6, 6.07) is 16.1. The zero-order valence-corrected chi connectivity index (χ0v) is 12.5. The highest BCUT2D eigenvalue weighted by molar-refractivity contribution is 6.04. The number of amides is 3. The first-order valence-electron chi connectivity index (χ1n) is 7.42. The topological polar surface area (TPSA) is 66.5 Å². The molecule has 116 valence electrons. The van der Waals surface area contributed by atoms with Crippen LogP contribution < -0.4 is 5.32 Å². The first-order valence-corrected chi connectivity index (χ1v) is 7.42. The fourth-order valence-electron chi connectivity index (χ4n) is 2.47. The molecule has 1 saturated heterocycles. The molecule has 23 heavy (non-hydrogen) atoms. The van der Waals surface area contributed by atoms with Crippen LogP contribution in [0, 0.1) is 0 Å². The van der Waals surface area contributed by atoms with Gasteiger partial charge in [-0.25, -0.2) is 0 Å². The molecule has 0 unspecified atom stereocenters. The summed E-state index contributed by atoms with van der Waals surface area (Å²) in [6.45, 7) is 0.262. The van der Waals surface area contributed by atoms with E-state index in [9.17, 15) is 14.4 Å². The van der Waals surface area contributed by atoms with E-state index in [-0.39, 0.29) is 37.1 Å². The van der Waals surface area contributed by atoms with Gasteiger partial charge in [0.25, 0.3) is 5.91 Å². The fraction of sp³-hybridized carbons (Fsp3) is 0.167. The zero-order valence-electron chi connectivity index (χ0n) is 12.5. The Morgan fingerprint density at radius 3 is 2.13 bits per heavy atom. The van der Waals surface area contributed by atoms with Crippen LogP contribution in [-0.2, 0) is 16.1 Å². The number of nitrogens with one attached hydrogen (secondary N) is 1. The van der Waals surface area contributed by atoms with Gasteiger partial charge in [-0.3, -0.25) is 19.3 Å². The van der Waals surface area contributed by atoms with Crippen LogP contribution in [0.15, 0.2) is 54.6 Å². The summed E-state index contributed by atoms with van der Waals surface area (Å²) in [5, 5.41) is 2.81. The van der Waals surface area contributed by atoms with Crippen LogP contribution in [0.4, 0.5) is 5.69 Å². The van der Waals surface area contributed by atoms with Crippen molar-refractivity contribution in [2.24, 2.45) is 0 Å². The van der Waals surface area contributed by atoms with E-state index < -0.39 is 0 Å². The van der Waals surface area contributed by atoms with Gasteiger partial charge in [-0.15, -0.1) is 0 Å². The molecular formula is C18H16N2O3. The van der Waals surface area contributed by atoms with Crippen LogP contribution in [0.1, 0.15) is 28.8 Å². The van der Waals surface area contributed by atoms with Gasteiger partial charge < -0.3 is 5.32 Å². The smallest absolute Gasteiger partial charge is 0.255 e. The van der Waals surface area contributed by atoms with Crippen molar-refractivity contribution in [3.8, 4) is 0 Å².